The van der Waals surface area contributed by atoms with Gasteiger partial charge in [-0.15, -0.1) is 0 Å². The Bertz CT molecular complexity index is 3090. The summed E-state index contributed by atoms with van der Waals surface area (Å²) in [5, 5.41) is 9.97. The zero-order valence-corrected chi connectivity index (χ0v) is 29.1. The molecule has 1 aliphatic carbocycles. The largest absolute Gasteiger partial charge is 0.306 e. The lowest BCUT2D eigenvalue weighted by molar-refractivity contribution is 0.661. The van der Waals surface area contributed by atoms with Gasteiger partial charge in [0.2, 0.25) is 0 Å². The topological polar surface area (TPSA) is 17.3 Å². The molecule has 0 amide bonds. The molecule has 0 saturated carbocycles. The van der Waals surface area contributed by atoms with Crippen LogP contribution in [0.15, 0.2) is 170 Å². The van der Waals surface area contributed by atoms with Crippen molar-refractivity contribution >= 4 is 48.7 Å². The average Bonchev–Trinajstić information content (AvgIpc) is 3.73. The highest BCUT2D eigenvalue weighted by atomic mass is 15.0. The van der Waals surface area contributed by atoms with E-state index in [-0.39, 0.29) is 5.41 Å². The van der Waals surface area contributed by atoms with E-state index in [0.29, 0.717) is 0 Å². The van der Waals surface area contributed by atoms with Crippen LogP contribution in [0.3, 0.4) is 0 Å². The van der Waals surface area contributed by atoms with E-state index in [9.17, 15) is 0 Å². The van der Waals surface area contributed by atoms with Gasteiger partial charge in [-0.3, -0.25) is 0 Å². The smallest absolute Gasteiger partial charge is 0.145 e. The molecule has 0 fully saturated rings. The van der Waals surface area contributed by atoms with Gasteiger partial charge in [-0.2, -0.15) is 0 Å². The third-order valence-corrected chi connectivity index (χ3v) is 11.6. The molecule has 10 aromatic rings. The normalized spacial score (nSPS) is 13.3. The number of hydrogen-bond acceptors (Lipinski definition) is 1. The van der Waals surface area contributed by atoms with Crippen molar-refractivity contribution in [1.82, 2.24) is 9.38 Å². The first-order valence-electron chi connectivity index (χ1n) is 18.1. The SMILES string of the molecule is CC1(C)c2ccccc2-c2cc3c(-c4ccc5ccccc5c4)c4ccccc4c(-c4ccc(-c5cn6ccc7ccccc7c6n5)cc4)c3cc21. The molecule has 0 atom stereocenters. The minimum absolute atomic E-state index is 0.108. The first kappa shape index (κ1) is 29.2. The van der Waals surface area contributed by atoms with Crippen LogP contribution in [0.1, 0.15) is 25.0 Å². The van der Waals surface area contributed by atoms with Crippen LogP contribution in [0, 0.1) is 0 Å². The quantitative estimate of drug-likeness (QED) is 0.172. The Labute approximate surface area is 302 Å². The Balaban J connectivity index is 1.17. The fraction of sp³-hybridized carbons (Fsp3) is 0.0600. The highest BCUT2D eigenvalue weighted by Gasteiger charge is 2.36. The summed E-state index contributed by atoms with van der Waals surface area (Å²) in [5.41, 5.74) is 13.4. The molecule has 2 heterocycles. The van der Waals surface area contributed by atoms with E-state index in [0.717, 1.165) is 22.3 Å². The van der Waals surface area contributed by atoms with E-state index in [1.807, 2.05) is 0 Å². The Kier molecular flexibility index (Phi) is 6.04. The number of imidazole rings is 1. The number of nitrogens with zero attached hydrogens (tertiary/aromatic N) is 2. The zero-order valence-electron chi connectivity index (χ0n) is 29.1. The summed E-state index contributed by atoms with van der Waals surface area (Å²) in [6, 6.07) is 58.3. The Morgan fingerprint density at radius 2 is 1.06 bits per heavy atom. The average molecular weight is 663 g/mol. The fourth-order valence-electron chi connectivity index (χ4n) is 9.00. The standard InChI is InChI=1S/C50H34N2/c1-50(2)44-18-10-9-15-38(44)41-28-42-43(29-45(41)50)47(39-16-7-8-17-40(39)48(42)36-24-19-31-11-3-4-13-35(31)27-36)34-22-20-33(21-23-34)46-30-52-26-25-32-12-5-6-14-37(32)49(52)51-46/h3-30H,1-2H3. The van der Waals surface area contributed by atoms with Gasteiger partial charge in [0.25, 0.3) is 0 Å². The van der Waals surface area contributed by atoms with Gasteiger partial charge in [0.05, 0.1) is 5.69 Å². The van der Waals surface area contributed by atoms with Gasteiger partial charge in [-0.1, -0.05) is 147 Å². The summed E-state index contributed by atoms with van der Waals surface area (Å²) in [7, 11) is 0. The number of pyridine rings is 1. The van der Waals surface area contributed by atoms with E-state index in [2.05, 4.69) is 188 Å². The second-order valence-electron chi connectivity index (χ2n) is 14.8. The maximum absolute atomic E-state index is 5.12. The molecule has 0 saturated heterocycles. The molecule has 52 heavy (non-hydrogen) atoms. The molecule has 2 nitrogen and oxygen atoms in total. The van der Waals surface area contributed by atoms with Crippen molar-refractivity contribution in [3.8, 4) is 44.6 Å². The Morgan fingerprint density at radius 3 is 1.87 bits per heavy atom. The van der Waals surface area contributed by atoms with Crippen molar-refractivity contribution in [2.24, 2.45) is 0 Å². The summed E-state index contributed by atoms with van der Waals surface area (Å²) in [4.78, 5) is 5.12. The van der Waals surface area contributed by atoms with Crippen LogP contribution in [-0.2, 0) is 5.41 Å². The summed E-state index contributed by atoms with van der Waals surface area (Å²) in [5.74, 6) is 0. The Hall–Kier alpha value is -6.51. The highest BCUT2D eigenvalue weighted by molar-refractivity contribution is 6.23. The van der Waals surface area contributed by atoms with Crippen molar-refractivity contribution in [2.75, 3.05) is 0 Å². The van der Waals surface area contributed by atoms with Gasteiger partial charge in [0, 0.05) is 28.8 Å². The number of aromatic nitrogens is 2. The Morgan fingerprint density at radius 1 is 0.442 bits per heavy atom. The highest BCUT2D eigenvalue weighted by Crippen LogP contribution is 2.53. The van der Waals surface area contributed by atoms with Crippen molar-refractivity contribution < 1.29 is 0 Å². The van der Waals surface area contributed by atoms with Gasteiger partial charge in [0.1, 0.15) is 5.65 Å². The van der Waals surface area contributed by atoms with Crippen molar-refractivity contribution in [3.63, 3.8) is 0 Å². The summed E-state index contributed by atoms with van der Waals surface area (Å²) in [6.45, 7) is 4.75. The van der Waals surface area contributed by atoms with Crippen LogP contribution >= 0.6 is 0 Å². The van der Waals surface area contributed by atoms with E-state index in [4.69, 9.17) is 4.98 Å². The molecular formula is C50H34N2. The van der Waals surface area contributed by atoms with Crippen molar-refractivity contribution in [2.45, 2.75) is 19.3 Å². The molecule has 0 N–H and O–H groups in total. The molecule has 0 spiro atoms. The molecule has 244 valence electrons. The van der Waals surface area contributed by atoms with Crippen molar-refractivity contribution in [1.29, 1.82) is 0 Å². The molecule has 1 aliphatic rings. The monoisotopic (exact) mass is 662 g/mol. The third-order valence-electron chi connectivity index (χ3n) is 11.6. The first-order chi connectivity index (χ1) is 25.5. The number of benzene rings is 8. The van der Waals surface area contributed by atoms with Gasteiger partial charge < -0.3 is 4.40 Å². The van der Waals surface area contributed by atoms with Crippen molar-refractivity contribution in [3.05, 3.63) is 181 Å². The lowest BCUT2D eigenvalue weighted by atomic mass is 9.79. The van der Waals surface area contributed by atoms with Crippen LogP contribution in [0.2, 0.25) is 0 Å². The summed E-state index contributed by atoms with van der Waals surface area (Å²) >= 11 is 0. The number of hydrogen-bond donors (Lipinski definition) is 0. The minimum atomic E-state index is -0.108. The molecule has 0 aliphatic heterocycles. The molecule has 0 unspecified atom stereocenters. The van der Waals surface area contributed by atoms with Gasteiger partial charge in [-0.05, 0) is 106 Å². The lowest BCUT2D eigenvalue weighted by Gasteiger charge is -2.24. The molecule has 11 rings (SSSR count). The van der Waals surface area contributed by atoms with E-state index in [1.165, 1.54) is 82.2 Å². The molecule has 2 heteroatoms. The predicted octanol–water partition coefficient (Wildman–Crippen LogP) is 13.3. The lowest BCUT2D eigenvalue weighted by Crippen LogP contribution is -2.14. The maximum atomic E-state index is 5.12. The zero-order chi connectivity index (χ0) is 34.6. The minimum Gasteiger partial charge on any atom is -0.306 e. The molecule has 8 aromatic carbocycles. The third kappa shape index (κ3) is 4.15. The summed E-state index contributed by atoms with van der Waals surface area (Å²) < 4.78 is 2.14. The van der Waals surface area contributed by atoms with Gasteiger partial charge in [0.15, 0.2) is 0 Å². The van der Waals surface area contributed by atoms with Crippen LogP contribution < -0.4 is 0 Å². The van der Waals surface area contributed by atoms with Crippen LogP contribution in [0.5, 0.6) is 0 Å². The molecule has 0 bridgehead atoms. The first-order valence-corrected chi connectivity index (χ1v) is 18.1. The molecule has 2 aromatic heterocycles. The van der Waals surface area contributed by atoms with Gasteiger partial charge in [-0.25, -0.2) is 4.98 Å². The number of fused-ring (bicyclic) bond motifs is 9. The van der Waals surface area contributed by atoms with E-state index >= 15 is 0 Å². The second kappa shape index (κ2) is 10.7. The molecule has 0 radical (unpaired) electrons. The second-order valence-corrected chi connectivity index (χ2v) is 14.8. The van der Waals surface area contributed by atoms with Crippen LogP contribution in [-0.4, -0.2) is 9.38 Å². The predicted molar refractivity (Wildman–Crippen MR) is 219 cm³/mol. The van der Waals surface area contributed by atoms with E-state index < -0.39 is 0 Å². The number of rotatable bonds is 3. The van der Waals surface area contributed by atoms with Gasteiger partial charge >= 0.3 is 0 Å². The van der Waals surface area contributed by atoms with E-state index in [1.54, 1.807) is 0 Å². The fourth-order valence-corrected chi connectivity index (χ4v) is 9.00. The maximum Gasteiger partial charge on any atom is 0.145 e. The summed E-state index contributed by atoms with van der Waals surface area (Å²) in [6.07, 6.45) is 4.25. The van der Waals surface area contributed by atoms with Crippen LogP contribution in [0.25, 0.3) is 93.4 Å². The molecular weight excluding hydrogens is 629 g/mol. The van der Waals surface area contributed by atoms with Crippen LogP contribution in [0.4, 0.5) is 0 Å².